The number of likely N-dealkylation sites (tertiary alicyclic amines) is 1. The van der Waals surface area contributed by atoms with Crippen LogP contribution >= 0.6 is 11.6 Å². The van der Waals surface area contributed by atoms with Crippen LogP contribution in [0.5, 0.6) is 0 Å². The Morgan fingerprint density at radius 1 is 1.30 bits per heavy atom. The van der Waals surface area contributed by atoms with Gasteiger partial charge in [0.2, 0.25) is 5.91 Å². The Morgan fingerprint density at radius 2 is 2.05 bits per heavy atom. The molecule has 1 fully saturated rings. The van der Waals surface area contributed by atoms with Gasteiger partial charge in [-0.05, 0) is 42.7 Å². The number of halogens is 1. The molecule has 0 aromatic heterocycles. The lowest BCUT2D eigenvalue weighted by Gasteiger charge is -2.31. The summed E-state index contributed by atoms with van der Waals surface area (Å²) in [6.45, 7) is 3.09. The summed E-state index contributed by atoms with van der Waals surface area (Å²) < 4.78 is 0. The van der Waals surface area contributed by atoms with Crippen molar-refractivity contribution >= 4 is 17.5 Å². The molecule has 0 bridgehead atoms. The van der Waals surface area contributed by atoms with Crippen molar-refractivity contribution in [2.75, 3.05) is 12.4 Å². The number of fused-ring (bicyclic) bond motifs is 1. The Hall–Kier alpha value is -1.02. The molecule has 0 N–H and O–H groups in total. The Bertz CT molecular complexity index is 502. The largest absolute Gasteiger partial charge is 0.338 e. The highest BCUT2D eigenvalue weighted by Crippen LogP contribution is 2.31. The molecule has 108 valence electrons. The Balaban J connectivity index is 1.73. The predicted molar refractivity (Wildman–Crippen MR) is 82.0 cm³/mol. The van der Waals surface area contributed by atoms with Gasteiger partial charge in [-0.1, -0.05) is 31.2 Å². The summed E-state index contributed by atoms with van der Waals surface area (Å²) in [5.74, 6) is 1.58. The zero-order valence-electron chi connectivity index (χ0n) is 12.0. The second kappa shape index (κ2) is 5.77. The molecule has 2 aliphatic rings. The van der Waals surface area contributed by atoms with E-state index in [-0.39, 0.29) is 12.0 Å². The van der Waals surface area contributed by atoms with Crippen molar-refractivity contribution in [3.63, 3.8) is 0 Å². The number of carbonyl (C=O) groups excluding carboxylic acids is 1. The fourth-order valence-corrected chi connectivity index (χ4v) is 4.13. The van der Waals surface area contributed by atoms with Crippen molar-refractivity contribution in [1.82, 2.24) is 4.90 Å². The number of rotatable bonds is 2. The average Bonchev–Trinajstić information content (AvgIpc) is 2.86. The average molecular weight is 292 g/mol. The number of aryl methyl sites for hydroxylation is 1. The van der Waals surface area contributed by atoms with Crippen molar-refractivity contribution < 1.29 is 4.79 Å². The number of alkyl halides is 1. The van der Waals surface area contributed by atoms with E-state index in [9.17, 15) is 4.79 Å². The van der Waals surface area contributed by atoms with Crippen LogP contribution in [0.25, 0.3) is 0 Å². The minimum absolute atomic E-state index is 0.154. The third kappa shape index (κ3) is 2.46. The first-order valence-electron chi connectivity index (χ1n) is 7.64. The van der Waals surface area contributed by atoms with E-state index in [1.165, 1.54) is 11.1 Å². The number of nitrogens with zero attached hydrogens (tertiary/aromatic N) is 1. The van der Waals surface area contributed by atoms with E-state index < -0.39 is 0 Å². The van der Waals surface area contributed by atoms with Crippen LogP contribution in [0.1, 0.15) is 30.9 Å². The van der Waals surface area contributed by atoms with E-state index in [1.807, 2.05) is 0 Å². The minimum Gasteiger partial charge on any atom is -0.338 e. The number of amides is 1. The minimum atomic E-state index is 0.154. The molecule has 3 heteroatoms. The lowest BCUT2D eigenvalue weighted by Crippen LogP contribution is -2.43. The lowest BCUT2D eigenvalue weighted by atomic mass is 9.83. The van der Waals surface area contributed by atoms with Crippen LogP contribution in [0.15, 0.2) is 24.3 Å². The number of hydrogen-bond acceptors (Lipinski definition) is 1. The SMILES string of the molecule is CC1CCN(C(=O)C2CCc3ccccc3C2)C1CCl. The summed E-state index contributed by atoms with van der Waals surface area (Å²) in [5.41, 5.74) is 2.77. The summed E-state index contributed by atoms with van der Waals surface area (Å²) >= 11 is 6.07. The molecule has 1 aliphatic heterocycles. The first-order chi connectivity index (χ1) is 9.70. The quantitative estimate of drug-likeness (QED) is 0.766. The van der Waals surface area contributed by atoms with Crippen molar-refractivity contribution in [2.24, 2.45) is 11.8 Å². The van der Waals surface area contributed by atoms with Crippen molar-refractivity contribution in [3.8, 4) is 0 Å². The van der Waals surface area contributed by atoms with Gasteiger partial charge in [-0.3, -0.25) is 4.79 Å². The fraction of sp³-hybridized carbons (Fsp3) is 0.588. The first kappa shape index (κ1) is 13.9. The van der Waals surface area contributed by atoms with Crippen LogP contribution in [0, 0.1) is 11.8 Å². The van der Waals surface area contributed by atoms with Gasteiger partial charge in [-0.25, -0.2) is 0 Å². The maximum Gasteiger partial charge on any atom is 0.226 e. The molecule has 1 amide bonds. The number of carbonyl (C=O) groups is 1. The topological polar surface area (TPSA) is 20.3 Å². The van der Waals surface area contributed by atoms with Gasteiger partial charge < -0.3 is 4.90 Å². The highest BCUT2D eigenvalue weighted by Gasteiger charge is 2.37. The highest BCUT2D eigenvalue weighted by molar-refractivity contribution is 6.18. The van der Waals surface area contributed by atoms with Crippen LogP contribution in [0.4, 0.5) is 0 Å². The lowest BCUT2D eigenvalue weighted by molar-refractivity contribution is -0.136. The molecule has 20 heavy (non-hydrogen) atoms. The predicted octanol–water partition coefficient (Wildman–Crippen LogP) is 3.27. The van der Waals surface area contributed by atoms with Crippen molar-refractivity contribution in [2.45, 2.75) is 38.6 Å². The van der Waals surface area contributed by atoms with E-state index in [1.54, 1.807) is 0 Å². The third-order valence-electron chi connectivity index (χ3n) is 5.02. The van der Waals surface area contributed by atoms with Gasteiger partial charge >= 0.3 is 0 Å². The molecule has 1 aliphatic carbocycles. The van der Waals surface area contributed by atoms with Crippen molar-refractivity contribution in [1.29, 1.82) is 0 Å². The van der Waals surface area contributed by atoms with E-state index in [0.717, 1.165) is 32.2 Å². The van der Waals surface area contributed by atoms with Crippen LogP contribution in [0.2, 0.25) is 0 Å². The van der Waals surface area contributed by atoms with E-state index in [0.29, 0.717) is 17.7 Å². The van der Waals surface area contributed by atoms with E-state index in [4.69, 9.17) is 11.6 Å². The van der Waals surface area contributed by atoms with Crippen LogP contribution in [-0.2, 0) is 17.6 Å². The Labute approximate surface area is 126 Å². The van der Waals surface area contributed by atoms with E-state index in [2.05, 4.69) is 36.1 Å². The summed E-state index contributed by atoms with van der Waals surface area (Å²) in [7, 11) is 0. The summed E-state index contributed by atoms with van der Waals surface area (Å²) in [6, 6.07) is 8.76. The second-order valence-corrected chi connectivity index (χ2v) is 6.54. The molecule has 0 radical (unpaired) electrons. The molecule has 3 rings (SSSR count). The summed E-state index contributed by atoms with van der Waals surface area (Å²) in [4.78, 5) is 14.8. The standard InChI is InChI=1S/C17H22ClNO/c1-12-8-9-19(16(12)11-18)17(20)15-7-6-13-4-2-3-5-14(13)10-15/h2-5,12,15-16H,6-11H2,1H3. The van der Waals surface area contributed by atoms with Crippen molar-refractivity contribution in [3.05, 3.63) is 35.4 Å². The van der Waals surface area contributed by atoms with Gasteiger partial charge in [0.1, 0.15) is 0 Å². The second-order valence-electron chi connectivity index (χ2n) is 6.23. The number of benzene rings is 1. The zero-order valence-corrected chi connectivity index (χ0v) is 12.8. The monoisotopic (exact) mass is 291 g/mol. The first-order valence-corrected chi connectivity index (χ1v) is 8.17. The van der Waals surface area contributed by atoms with E-state index >= 15 is 0 Å². The molecule has 1 heterocycles. The smallest absolute Gasteiger partial charge is 0.226 e. The van der Waals surface area contributed by atoms with Gasteiger partial charge in [0, 0.05) is 24.4 Å². The molecule has 0 spiro atoms. The molecular formula is C17H22ClNO. The maximum atomic E-state index is 12.8. The molecule has 3 unspecified atom stereocenters. The normalized spacial score (nSPS) is 29.3. The van der Waals surface area contributed by atoms with Crippen LogP contribution < -0.4 is 0 Å². The Morgan fingerprint density at radius 3 is 2.80 bits per heavy atom. The van der Waals surface area contributed by atoms with Crippen LogP contribution in [-0.4, -0.2) is 29.3 Å². The fourth-order valence-electron chi connectivity index (χ4n) is 3.66. The van der Waals surface area contributed by atoms with Gasteiger partial charge in [0.15, 0.2) is 0 Å². The summed E-state index contributed by atoms with van der Waals surface area (Å²) in [6.07, 6.45) is 4.00. The van der Waals surface area contributed by atoms with Gasteiger partial charge in [0.25, 0.3) is 0 Å². The molecular weight excluding hydrogens is 270 g/mol. The molecule has 1 aromatic carbocycles. The summed E-state index contributed by atoms with van der Waals surface area (Å²) in [5, 5.41) is 0. The zero-order chi connectivity index (χ0) is 14.1. The molecule has 1 saturated heterocycles. The third-order valence-corrected chi connectivity index (χ3v) is 5.34. The van der Waals surface area contributed by atoms with Crippen LogP contribution in [0.3, 0.4) is 0 Å². The maximum absolute atomic E-state index is 12.8. The van der Waals surface area contributed by atoms with Gasteiger partial charge in [-0.15, -0.1) is 11.6 Å². The number of hydrogen-bond donors (Lipinski definition) is 0. The highest BCUT2D eigenvalue weighted by atomic mass is 35.5. The molecule has 1 aromatic rings. The molecule has 2 nitrogen and oxygen atoms in total. The van der Waals surface area contributed by atoms with Gasteiger partial charge in [-0.2, -0.15) is 0 Å². The Kier molecular flexibility index (Phi) is 4.02. The molecule has 0 saturated carbocycles. The van der Waals surface area contributed by atoms with Gasteiger partial charge in [0.05, 0.1) is 0 Å². The molecule has 3 atom stereocenters.